The third-order valence-corrected chi connectivity index (χ3v) is 9.59. The Hall–Kier alpha value is -6.78. The molecule has 0 radical (unpaired) electrons. The summed E-state index contributed by atoms with van der Waals surface area (Å²) in [5.74, 6) is 2.47. The van der Waals surface area contributed by atoms with E-state index in [1.165, 1.54) is 21.9 Å². The normalized spacial score (nSPS) is 11.8. The molecule has 1 aliphatic heterocycles. The van der Waals surface area contributed by atoms with Crippen molar-refractivity contribution in [2.24, 2.45) is 0 Å². The van der Waals surface area contributed by atoms with Crippen LogP contribution < -0.4 is 4.74 Å². The second kappa shape index (κ2) is 11.4. The zero-order chi connectivity index (χ0) is 33.0. The first-order valence-electron chi connectivity index (χ1n) is 16.8. The van der Waals surface area contributed by atoms with Gasteiger partial charge in [0.15, 0.2) is 17.3 Å². The molecule has 1 aliphatic rings. The van der Waals surface area contributed by atoms with Gasteiger partial charge in [-0.25, -0.2) is 9.97 Å². The number of benzene rings is 7. The summed E-state index contributed by atoms with van der Waals surface area (Å²) in [6, 6.07) is 61.4. The van der Waals surface area contributed by atoms with Crippen molar-refractivity contribution >= 4 is 21.8 Å². The summed E-state index contributed by atoms with van der Waals surface area (Å²) in [5, 5.41) is 2.39. The van der Waals surface area contributed by atoms with E-state index in [-0.39, 0.29) is 0 Å². The molecule has 0 bridgehead atoms. The molecular formula is C46H29N3O. The minimum Gasteiger partial charge on any atom is -0.453 e. The SMILES string of the molecule is c1ccc(-c2cc(-c3cccc(-c4cccc(-c5ccc6c(c5)c5cccc7c5n6-c5ccccc5O7)c4)c3)nc(-c3ccccc3)n2)cc1. The summed E-state index contributed by atoms with van der Waals surface area (Å²) in [4.78, 5) is 10.0. The number of para-hydroxylation sites is 3. The van der Waals surface area contributed by atoms with Gasteiger partial charge in [0, 0.05) is 27.5 Å². The quantitative estimate of drug-likeness (QED) is 0.188. The van der Waals surface area contributed by atoms with E-state index in [0.717, 1.165) is 67.5 Å². The second-order valence-electron chi connectivity index (χ2n) is 12.6. The van der Waals surface area contributed by atoms with Gasteiger partial charge in [-0.2, -0.15) is 0 Å². The van der Waals surface area contributed by atoms with Crippen molar-refractivity contribution in [1.82, 2.24) is 14.5 Å². The fourth-order valence-electron chi connectivity index (χ4n) is 7.20. The molecule has 0 saturated heterocycles. The van der Waals surface area contributed by atoms with Crippen molar-refractivity contribution in [3.05, 3.63) is 176 Å². The molecule has 4 nitrogen and oxygen atoms in total. The zero-order valence-corrected chi connectivity index (χ0v) is 27.0. The highest BCUT2D eigenvalue weighted by atomic mass is 16.5. The number of nitrogens with zero attached hydrogens (tertiary/aromatic N) is 3. The smallest absolute Gasteiger partial charge is 0.160 e. The molecule has 0 atom stereocenters. The lowest BCUT2D eigenvalue weighted by molar-refractivity contribution is 0.476. The number of hydrogen-bond acceptors (Lipinski definition) is 3. The zero-order valence-electron chi connectivity index (χ0n) is 27.0. The lowest BCUT2D eigenvalue weighted by atomic mass is 9.96. The van der Waals surface area contributed by atoms with Crippen molar-refractivity contribution < 1.29 is 4.74 Å². The van der Waals surface area contributed by atoms with Gasteiger partial charge in [0.05, 0.1) is 28.1 Å². The minimum absolute atomic E-state index is 0.712. The highest BCUT2D eigenvalue weighted by molar-refractivity contribution is 6.13. The van der Waals surface area contributed by atoms with Crippen LogP contribution in [0.25, 0.3) is 83.6 Å². The van der Waals surface area contributed by atoms with E-state index in [1.54, 1.807) is 0 Å². The van der Waals surface area contributed by atoms with Gasteiger partial charge in [-0.3, -0.25) is 0 Å². The Kier molecular flexibility index (Phi) is 6.46. The first-order chi connectivity index (χ1) is 24.8. The standard InChI is InChI=1S/C46H29N3O/c1-3-12-30(13-4-1)39-29-40(48-46(47-39)31-14-5-2-6-15-31)36-19-10-18-34(27-36)32-16-9-17-33(26-32)35-24-25-41-38(28-35)37-20-11-23-44-45(37)49(41)42-21-7-8-22-43(42)50-44/h1-29H. The average molecular weight is 640 g/mol. The van der Waals surface area contributed by atoms with Gasteiger partial charge < -0.3 is 9.30 Å². The van der Waals surface area contributed by atoms with Crippen LogP contribution in [0.5, 0.6) is 11.5 Å². The Bertz CT molecular complexity index is 2670. The summed E-state index contributed by atoms with van der Waals surface area (Å²) < 4.78 is 8.67. The Morgan fingerprint density at radius 2 is 0.940 bits per heavy atom. The van der Waals surface area contributed by atoms with Gasteiger partial charge in [0.25, 0.3) is 0 Å². The molecule has 0 fully saturated rings. The van der Waals surface area contributed by atoms with Crippen LogP contribution in [0, 0.1) is 0 Å². The molecule has 0 saturated carbocycles. The van der Waals surface area contributed by atoms with Crippen molar-refractivity contribution in [2.75, 3.05) is 0 Å². The summed E-state index contributed by atoms with van der Waals surface area (Å²) in [6.45, 7) is 0. The van der Waals surface area contributed by atoms with Gasteiger partial charge >= 0.3 is 0 Å². The van der Waals surface area contributed by atoms with E-state index in [1.807, 2.05) is 48.5 Å². The predicted molar refractivity (Wildman–Crippen MR) is 204 cm³/mol. The van der Waals surface area contributed by atoms with Crippen LogP contribution in [-0.4, -0.2) is 14.5 Å². The molecule has 0 unspecified atom stereocenters. The molecule has 9 aromatic rings. The summed E-state index contributed by atoms with van der Waals surface area (Å²) in [6.07, 6.45) is 0. The first-order valence-corrected chi connectivity index (χ1v) is 16.8. The maximum Gasteiger partial charge on any atom is 0.160 e. The second-order valence-corrected chi connectivity index (χ2v) is 12.6. The average Bonchev–Trinajstić information content (AvgIpc) is 3.54. The van der Waals surface area contributed by atoms with Crippen molar-refractivity contribution in [3.63, 3.8) is 0 Å². The van der Waals surface area contributed by atoms with Crippen LogP contribution in [0.3, 0.4) is 0 Å². The molecule has 4 heteroatoms. The maximum atomic E-state index is 6.33. The molecule has 0 amide bonds. The van der Waals surface area contributed by atoms with E-state index in [4.69, 9.17) is 14.7 Å². The van der Waals surface area contributed by atoms with E-state index < -0.39 is 0 Å². The van der Waals surface area contributed by atoms with Crippen molar-refractivity contribution in [2.45, 2.75) is 0 Å². The summed E-state index contributed by atoms with van der Waals surface area (Å²) in [7, 11) is 0. The molecule has 7 aromatic carbocycles. The summed E-state index contributed by atoms with van der Waals surface area (Å²) in [5.41, 5.74) is 12.8. The van der Waals surface area contributed by atoms with Crippen molar-refractivity contribution in [1.29, 1.82) is 0 Å². The van der Waals surface area contributed by atoms with E-state index >= 15 is 0 Å². The van der Waals surface area contributed by atoms with Crippen LogP contribution in [0.4, 0.5) is 0 Å². The van der Waals surface area contributed by atoms with Gasteiger partial charge in [-0.15, -0.1) is 0 Å². The Labute approximate surface area is 289 Å². The number of hydrogen-bond donors (Lipinski definition) is 0. The van der Waals surface area contributed by atoms with E-state index in [9.17, 15) is 0 Å². The van der Waals surface area contributed by atoms with Gasteiger partial charge in [0.2, 0.25) is 0 Å². The fraction of sp³-hybridized carbons (Fsp3) is 0. The molecule has 10 rings (SSSR count). The maximum absolute atomic E-state index is 6.33. The van der Waals surface area contributed by atoms with Gasteiger partial charge in [-0.1, -0.05) is 127 Å². The largest absolute Gasteiger partial charge is 0.453 e. The molecule has 2 aromatic heterocycles. The molecule has 3 heterocycles. The molecule has 50 heavy (non-hydrogen) atoms. The third kappa shape index (κ3) is 4.69. The number of ether oxygens (including phenoxy) is 1. The van der Waals surface area contributed by atoms with Crippen LogP contribution >= 0.6 is 0 Å². The summed E-state index contributed by atoms with van der Waals surface area (Å²) >= 11 is 0. The van der Waals surface area contributed by atoms with Crippen LogP contribution in [-0.2, 0) is 0 Å². The molecule has 234 valence electrons. The minimum atomic E-state index is 0.712. The Morgan fingerprint density at radius 1 is 0.380 bits per heavy atom. The van der Waals surface area contributed by atoms with Crippen LogP contribution in [0.1, 0.15) is 0 Å². The molecule has 0 N–H and O–H groups in total. The van der Waals surface area contributed by atoms with Crippen LogP contribution in [0.2, 0.25) is 0 Å². The molecule has 0 spiro atoms. The monoisotopic (exact) mass is 639 g/mol. The first kappa shape index (κ1) is 28.3. The number of rotatable bonds is 5. The highest BCUT2D eigenvalue weighted by Crippen LogP contribution is 2.46. The lowest BCUT2D eigenvalue weighted by Crippen LogP contribution is -2.03. The lowest BCUT2D eigenvalue weighted by Gasteiger charge is -2.20. The Morgan fingerprint density at radius 3 is 1.70 bits per heavy atom. The Balaban J connectivity index is 1.06. The van der Waals surface area contributed by atoms with E-state index in [2.05, 4.69) is 132 Å². The number of aromatic nitrogens is 3. The predicted octanol–water partition coefficient (Wildman–Crippen LogP) is 12.0. The molecular weight excluding hydrogens is 611 g/mol. The fourth-order valence-corrected chi connectivity index (χ4v) is 7.20. The third-order valence-electron chi connectivity index (χ3n) is 9.59. The highest BCUT2D eigenvalue weighted by Gasteiger charge is 2.23. The van der Waals surface area contributed by atoms with Crippen molar-refractivity contribution in [3.8, 4) is 73.3 Å². The van der Waals surface area contributed by atoms with Gasteiger partial charge in [0.1, 0.15) is 0 Å². The molecule has 0 aliphatic carbocycles. The van der Waals surface area contributed by atoms with Gasteiger partial charge in [-0.05, 0) is 70.8 Å². The van der Waals surface area contributed by atoms with Crippen LogP contribution in [0.15, 0.2) is 176 Å². The topological polar surface area (TPSA) is 39.9 Å². The van der Waals surface area contributed by atoms with E-state index in [0.29, 0.717) is 5.82 Å². The number of fused-ring (bicyclic) bond motifs is 5.